The summed E-state index contributed by atoms with van der Waals surface area (Å²) in [7, 11) is 0. The van der Waals surface area contributed by atoms with Crippen LogP contribution in [0.2, 0.25) is 0 Å². The second-order valence-electron chi connectivity index (χ2n) is 3.80. The van der Waals surface area contributed by atoms with Crippen molar-refractivity contribution in [2.75, 3.05) is 0 Å². The predicted octanol–water partition coefficient (Wildman–Crippen LogP) is 3.17. The topological polar surface area (TPSA) is 32.6 Å². The Balaban J connectivity index is 2.24. The first-order valence-corrected chi connectivity index (χ1v) is 5.17. The Kier molecular flexibility index (Phi) is 2.82. The van der Waals surface area contributed by atoms with Gasteiger partial charge in [0.15, 0.2) is 0 Å². The summed E-state index contributed by atoms with van der Waals surface area (Å²) in [6, 6.07) is 10.3. The second-order valence-corrected chi connectivity index (χ2v) is 3.80. The highest BCUT2D eigenvalue weighted by Crippen LogP contribution is 2.30. The zero-order chi connectivity index (χ0) is 9.80. The molecular weight excluding hydrogens is 174 g/mol. The Morgan fingerprint density at radius 3 is 2.64 bits per heavy atom. The highest BCUT2D eigenvalue weighted by molar-refractivity contribution is 5.91. The Bertz CT molecular complexity index is 318. The lowest BCUT2D eigenvalue weighted by Crippen LogP contribution is -2.17. The summed E-state index contributed by atoms with van der Waals surface area (Å²) >= 11 is 0. The van der Waals surface area contributed by atoms with Crippen LogP contribution < -0.4 is 0 Å². The van der Waals surface area contributed by atoms with Gasteiger partial charge in [-0.05, 0) is 24.8 Å². The van der Waals surface area contributed by atoms with Gasteiger partial charge in [0, 0.05) is 5.92 Å². The molecule has 1 aromatic carbocycles. The third-order valence-corrected chi connectivity index (χ3v) is 2.91. The van der Waals surface area contributed by atoms with Gasteiger partial charge in [0.05, 0.1) is 5.71 Å². The molecule has 0 spiro atoms. The summed E-state index contributed by atoms with van der Waals surface area (Å²) in [5.74, 6) is 0.343. The maximum Gasteiger partial charge on any atom is 0.0645 e. The predicted molar refractivity (Wildman–Crippen MR) is 56.9 cm³/mol. The zero-order valence-electron chi connectivity index (χ0n) is 8.19. The second kappa shape index (κ2) is 4.27. The number of hydrogen-bond acceptors (Lipinski definition) is 2. The normalized spacial score (nSPS) is 25.1. The van der Waals surface area contributed by atoms with Crippen molar-refractivity contribution in [3.8, 4) is 0 Å². The molecular formula is C12H15NO. The van der Waals surface area contributed by atoms with E-state index in [0.29, 0.717) is 5.92 Å². The summed E-state index contributed by atoms with van der Waals surface area (Å²) in [6.07, 6.45) is 4.45. The van der Waals surface area contributed by atoms with Crippen LogP contribution in [0, 0.1) is 0 Å². The standard InChI is InChI=1S/C12H15NO/c14-13-12-9-5-4-8-11(12)10-6-2-1-3-7-10/h1-3,6-7,11,14H,4-5,8-9H2/b13-12-/t11-/m0/s1. The van der Waals surface area contributed by atoms with Crippen LogP contribution in [0.3, 0.4) is 0 Å². The fraction of sp³-hybridized carbons (Fsp3) is 0.417. The van der Waals surface area contributed by atoms with Gasteiger partial charge in [-0.25, -0.2) is 0 Å². The van der Waals surface area contributed by atoms with Crippen molar-refractivity contribution in [1.29, 1.82) is 0 Å². The van der Waals surface area contributed by atoms with E-state index in [2.05, 4.69) is 17.3 Å². The van der Waals surface area contributed by atoms with Crippen molar-refractivity contribution in [3.63, 3.8) is 0 Å². The smallest absolute Gasteiger partial charge is 0.0645 e. The molecule has 14 heavy (non-hydrogen) atoms. The van der Waals surface area contributed by atoms with E-state index in [-0.39, 0.29) is 0 Å². The molecule has 74 valence electrons. The van der Waals surface area contributed by atoms with Gasteiger partial charge in [0.25, 0.3) is 0 Å². The van der Waals surface area contributed by atoms with Crippen LogP contribution in [0.1, 0.15) is 37.2 Å². The van der Waals surface area contributed by atoms with Crippen molar-refractivity contribution < 1.29 is 5.21 Å². The molecule has 0 bridgehead atoms. The molecule has 0 saturated heterocycles. The van der Waals surface area contributed by atoms with E-state index in [0.717, 1.165) is 25.0 Å². The van der Waals surface area contributed by atoms with E-state index >= 15 is 0 Å². The molecule has 2 heteroatoms. The summed E-state index contributed by atoms with van der Waals surface area (Å²) in [5.41, 5.74) is 2.22. The minimum Gasteiger partial charge on any atom is -0.411 e. The molecule has 0 amide bonds. The number of benzene rings is 1. The van der Waals surface area contributed by atoms with Crippen molar-refractivity contribution in [2.24, 2.45) is 5.16 Å². The Morgan fingerprint density at radius 1 is 1.14 bits per heavy atom. The molecule has 0 unspecified atom stereocenters. The van der Waals surface area contributed by atoms with E-state index in [4.69, 9.17) is 5.21 Å². The zero-order valence-corrected chi connectivity index (χ0v) is 8.19. The summed E-state index contributed by atoms with van der Waals surface area (Å²) < 4.78 is 0. The Labute approximate surface area is 84.3 Å². The molecule has 2 nitrogen and oxygen atoms in total. The monoisotopic (exact) mass is 189 g/mol. The molecule has 1 aromatic rings. The Hall–Kier alpha value is -1.31. The van der Waals surface area contributed by atoms with E-state index in [1.165, 1.54) is 12.0 Å². The molecule has 0 radical (unpaired) electrons. The minimum absolute atomic E-state index is 0.343. The third kappa shape index (κ3) is 1.79. The van der Waals surface area contributed by atoms with Crippen LogP contribution in [-0.4, -0.2) is 10.9 Å². The van der Waals surface area contributed by atoms with Crippen LogP contribution in [0.15, 0.2) is 35.5 Å². The largest absolute Gasteiger partial charge is 0.411 e. The number of oxime groups is 1. The minimum atomic E-state index is 0.343. The summed E-state index contributed by atoms with van der Waals surface area (Å²) in [5, 5.41) is 12.3. The number of nitrogens with zero attached hydrogens (tertiary/aromatic N) is 1. The lowest BCUT2D eigenvalue weighted by molar-refractivity contribution is 0.312. The molecule has 1 fully saturated rings. The Morgan fingerprint density at radius 2 is 1.93 bits per heavy atom. The third-order valence-electron chi connectivity index (χ3n) is 2.91. The fourth-order valence-electron chi connectivity index (χ4n) is 2.16. The van der Waals surface area contributed by atoms with Gasteiger partial charge in [-0.2, -0.15) is 0 Å². The maximum absolute atomic E-state index is 8.91. The van der Waals surface area contributed by atoms with Crippen LogP contribution in [0.4, 0.5) is 0 Å². The van der Waals surface area contributed by atoms with E-state index in [1.807, 2.05) is 18.2 Å². The lowest BCUT2D eigenvalue weighted by Gasteiger charge is -2.23. The molecule has 1 N–H and O–H groups in total. The van der Waals surface area contributed by atoms with Crippen LogP contribution >= 0.6 is 0 Å². The molecule has 0 aromatic heterocycles. The van der Waals surface area contributed by atoms with Gasteiger partial charge in [-0.15, -0.1) is 0 Å². The van der Waals surface area contributed by atoms with E-state index in [9.17, 15) is 0 Å². The van der Waals surface area contributed by atoms with Gasteiger partial charge >= 0.3 is 0 Å². The molecule has 2 rings (SSSR count). The number of hydrogen-bond donors (Lipinski definition) is 1. The molecule has 0 aliphatic heterocycles. The first-order chi connectivity index (χ1) is 6.92. The average molecular weight is 189 g/mol. The van der Waals surface area contributed by atoms with Crippen molar-refractivity contribution >= 4 is 5.71 Å². The summed E-state index contributed by atoms with van der Waals surface area (Å²) in [6.45, 7) is 0. The fourth-order valence-corrected chi connectivity index (χ4v) is 2.16. The molecule has 1 saturated carbocycles. The van der Waals surface area contributed by atoms with Gasteiger partial charge in [-0.3, -0.25) is 0 Å². The van der Waals surface area contributed by atoms with E-state index in [1.54, 1.807) is 0 Å². The molecule has 1 aliphatic rings. The van der Waals surface area contributed by atoms with Crippen molar-refractivity contribution in [3.05, 3.63) is 35.9 Å². The van der Waals surface area contributed by atoms with Crippen molar-refractivity contribution in [1.82, 2.24) is 0 Å². The molecule has 0 heterocycles. The first kappa shape index (κ1) is 9.25. The molecule has 1 atom stereocenters. The SMILES string of the molecule is O/N=C1/CCCC[C@H]1c1ccccc1. The lowest BCUT2D eigenvalue weighted by atomic mass is 9.82. The van der Waals surface area contributed by atoms with Crippen molar-refractivity contribution in [2.45, 2.75) is 31.6 Å². The van der Waals surface area contributed by atoms with Crippen LogP contribution in [-0.2, 0) is 0 Å². The maximum atomic E-state index is 8.91. The van der Waals surface area contributed by atoms with Gasteiger partial charge < -0.3 is 5.21 Å². The average Bonchev–Trinajstić information content (AvgIpc) is 2.30. The number of rotatable bonds is 1. The van der Waals surface area contributed by atoms with Gasteiger partial charge in [-0.1, -0.05) is 41.9 Å². The van der Waals surface area contributed by atoms with Gasteiger partial charge in [0.2, 0.25) is 0 Å². The highest BCUT2D eigenvalue weighted by Gasteiger charge is 2.22. The van der Waals surface area contributed by atoms with Gasteiger partial charge in [0.1, 0.15) is 0 Å². The van der Waals surface area contributed by atoms with E-state index < -0.39 is 0 Å². The first-order valence-electron chi connectivity index (χ1n) is 5.17. The molecule has 1 aliphatic carbocycles. The summed E-state index contributed by atoms with van der Waals surface area (Å²) in [4.78, 5) is 0. The van der Waals surface area contributed by atoms with Crippen LogP contribution in [0.5, 0.6) is 0 Å². The van der Waals surface area contributed by atoms with Crippen LogP contribution in [0.25, 0.3) is 0 Å². The quantitative estimate of drug-likeness (QED) is 0.534. The highest BCUT2D eigenvalue weighted by atomic mass is 16.4.